The summed E-state index contributed by atoms with van der Waals surface area (Å²) in [7, 11) is 0. The van der Waals surface area contributed by atoms with Crippen LogP contribution in [0.3, 0.4) is 0 Å². The summed E-state index contributed by atoms with van der Waals surface area (Å²) in [4.78, 5) is 82.3. The number of nitrogens with zero attached hydrogens (tertiary/aromatic N) is 1. The van der Waals surface area contributed by atoms with Gasteiger partial charge in [-0.1, -0.05) is 0 Å². The van der Waals surface area contributed by atoms with Crippen LogP contribution in [-0.4, -0.2) is 92.7 Å². The number of amides is 2. The van der Waals surface area contributed by atoms with Crippen LogP contribution >= 0.6 is 0 Å². The standard InChI is InChI=1S/C19H28N4O10/c20-10(1-3-14(25)26)17(31)18(32)12(2-4-15(27)28)22-7-9-5-13(24)23(8-9)19(33)11(21)6-16(29)30/h9-12,22H,1-8,20-21H2,(H,25,26)(H,27,28)(H,29,30)/t9?,10-,11-,12-/m0/s1. The fraction of sp³-hybridized carbons (Fsp3) is 0.632. The average Bonchev–Trinajstić information content (AvgIpc) is 3.09. The number of carboxylic acids is 3. The predicted octanol–water partition coefficient (Wildman–Crippen LogP) is -2.68. The van der Waals surface area contributed by atoms with Crippen LogP contribution < -0.4 is 16.8 Å². The molecule has 0 aromatic rings. The van der Waals surface area contributed by atoms with Crippen molar-refractivity contribution in [2.45, 2.75) is 56.7 Å². The molecule has 1 rings (SSSR count). The van der Waals surface area contributed by atoms with Crippen molar-refractivity contribution in [2.24, 2.45) is 17.4 Å². The number of ketones is 2. The maximum Gasteiger partial charge on any atom is 0.305 e. The van der Waals surface area contributed by atoms with Gasteiger partial charge in [0.05, 0.1) is 24.5 Å². The SMILES string of the molecule is N[C@@H](CCC(=O)O)C(=O)C(=O)[C@H](CCC(=O)O)NCC1CC(=O)N(C(=O)[C@@H](N)CC(=O)O)C1. The molecule has 0 radical (unpaired) electrons. The number of hydrogen-bond donors (Lipinski definition) is 6. The Morgan fingerprint density at radius 1 is 0.909 bits per heavy atom. The topological polar surface area (TPSA) is 247 Å². The van der Waals surface area contributed by atoms with E-state index in [2.05, 4.69) is 5.32 Å². The van der Waals surface area contributed by atoms with E-state index in [9.17, 15) is 33.6 Å². The zero-order chi connectivity index (χ0) is 25.3. The first-order valence-electron chi connectivity index (χ1n) is 10.2. The molecule has 0 aromatic carbocycles. The molecule has 1 unspecified atom stereocenters. The molecule has 0 spiro atoms. The summed E-state index contributed by atoms with van der Waals surface area (Å²) in [6.45, 7) is -0.124. The molecule has 184 valence electrons. The monoisotopic (exact) mass is 472 g/mol. The van der Waals surface area contributed by atoms with E-state index in [0.717, 1.165) is 4.90 Å². The van der Waals surface area contributed by atoms with Gasteiger partial charge in [0.15, 0.2) is 0 Å². The summed E-state index contributed by atoms with van der Waals surface area (Å²) < 4.78 is 0. The summed E-state index contributed by atoms with van der Waals surface area (Å²) in [6.07, 6.45) is -2.15. The first-order valence-corrected chi connectivity index (χ1v) is 10.2. The van der Waals surface area contributed by atoms with Crippen molar-refractivity contribution in [2.75, 3.05) is 13.1 Å². The second-order valence-electron chi connectivity index (χ2n) is 7.78. The summed E-state index contributed by atoms with van der Waals surface area (Å²) in [6, 6.07) is -3.99. The van der Waals surface area contributed by atoms with Gasteiger partial charge in [-0.2, -0.15) is 0 Å². The normalized spacial score (nSPS) is 18.4. The van der Waals surface area contributed by atoms with Crippen LogP contribution in [0.15, 0.2) is 0 Å². The van der Waals surface area contributed by atoms with Crippen molar-refractivity contribution in [1.82, 2.24) is 10.2 Å². The van der Waals surface area contributed by atoms with E-state index in [1.807, 2.05) is 0 Å². The van der Waals surface area contributed by atoms with Crippen LogP contribution in [0.1, 0.15) is 38.5 Å². The van der Waals surface area contributed by atoms with Crippen molar-refractivity contribution in [3.8, 4) is 0 Å². The van der Waals surface area contributed by atoms with Crippen LogP contribution in [0.2, 0.25) is 0 Å². The highest BCUT2D eigenvalue weighted by Crippen LogP contribution is 2.19. The number of hydrogen-bond acceptors (Lipinski definition) is 10. The molecular weight excluding hydrogens is 444 g/mol. The van der Waals surface area contributed by atoms with E-state index in [4.69, 9.17) is 26.8 Å². The minimum Gasteiger partial charge on any atom is -0.481 e. The zero-order valence-electron chi connectivity index (χ0n) is 17.8. The van der Waals surface area contributed by atoms with E-state index in [-0.39, 0.29) is 32.4 Å². The van der Waals surface area contributed by atoms with E-state index in [1.54, 1.807) is 0 Å². The lowest BCUT2D eigenvalue weighted by Gasteiger charge is -2.21. The zero-order valence-corrected chi connectivity index (χ0v) is 17.8. The molecule has 1 fully saturated rings. The molecule has 1 aliphatic rings. The largest absolute Gasteiger partial charge is 0.481 e. The molecule has 33 heavy (non-hydrogen) atoms. The van der Waals surface area contributed by atoms with Gasteiger partial charge in [-0.25, -0.2) is 0 Å². The number of carboxylic acid groups (broad SMARTS) is 3. The second-order valence-corrected chi connectivity index (χ2v) is 7.78. The first-order chi connectivity index (χ1) is 15.3. The van der Waals surface area contributed by atoms with Gasteiger partial charge in [0, 0.05) is 32.4 Å². The minimum absolute atomic E-state index is 0.0304. The van der Waals surface area contributed by atoms with Crippen LogP contribution in [0.25, 0.3) is 0 Å². The second kappa shape index (κ2) is 12.7. The number of likely N-dealkylation sites (tertiary alicyclic amines) is 1. The lowest BCUT2D eigenvalue weighted by atomic mass is 9.96. The highest BCUT2D eigenvalue weighted by atomic mass is 16.4. The minimum atomic E-state index is -1.40. The molecule has 0 bridgehead atoms. The summed E-state index contributed by atoms with van der Waals surface area (Å²) >= 11 is 0. The smallest absolute Gasteiger partial charge is 0.305 e. The Morgan fingerprint density at radius 2 is 1.48 bits per heavy atom. The number of imide groups is 1. The third-order valence-corrected chi connectivity index (χ3v) is 5.05. The molecule has 1 aliphatic heterocycles. The average molecular weight is 472 g/mol. The summed E-state index contributed by atoms with van der Waals surface area (Å²) in [5.74, 6) is -7.67. The number of aliphatic carboxylic acids is 3. The lowest BCUT2D eigenvalue weighted by Crippen LogP contribution is -2.48. The fourth-order valence-corrected chi connectivity index (χ4v) is 3.27. The highest BCUT2D eigenvalue weighted by molar-refractivity contribution is 6.41. The number of nitrogens with one attached hydrogen (secondary N) is 1. The Kier molecular flexibility index (Phi) is 10.7. The molecule has 8 N–H and O–H groups in total. The van der Waals surface area contributed by atoms with Crippen molar-refractivity contribution in [1.29, 1.82) is 0 Å². The van der Waals surface area contributed by atoms with Crippen molar-refractivity contribution in [3.63, 3.8) is 0 Å². The van der Waals surface area contributed by atoms with Gasteiger partial charge < -0.3 is 32.1 Å². The molecule has 0 saturated carbocycles. The van der Waals surface area contributed by atoms with Gasteiger partial charge in [-0.05, 0) is 18.8 Å². The van der Waals surface area contributed by atoms with E-state index < -0.39 is 84.6 Å². The van der Waals surface area contributed by atoms with Crippen LogP contribution in [0.4, 0.5) is 0 Å². The van der Waals surface area contributed by atoms with Crippen molar-refractivity contribution in [3.05, 3.63) is 0 Å². The predicted molar refractivity (Wildman–Crippen MR) is 109 cm³/mol. The molecule has 14 heteroatoms. The van der Waals surface area contributed by atoms with Gasteiger partial charge in [-0.3, -0.25) is 38.5 Å². The Hall–Kier alpha value is -3.23. The highest BCUT2D eigenvalue weighted by Gasteiger charge is 2.37. The number of rotatable bonds is 15. The molecule has 14 nitrogen and oxygen atoms in total. The Bertz CT molecular complexity index is 814. The van der Waals surface area contributed by atoms with E-state index in [0.29, 0.717) is 0 Å². The maximum absolute atomic E-state index is 12.5. The Morgan fingerprint density at radius 3 is 2.03 bits per heavy atom. The van der Waals surface area contributed by atoms with Gasteiger partial charge in [0.1, 0.15) is 0 Å². The van der Waals surface area contributed by atoms with E-state index in [1.165, 1.54) is 0 Å². The molecular formula is C19H28N4O10. The molecule has 2 amide bonds. The lowest BCUT2D eigenvalue weighted by molar-refractivity contribution is -0.146. The molecule has 4 atom stereocenters. The van der Waals surface area contributed by atoms with Gasteiger partial charge in [-0.15, -0.1) is 0 Å². The Labute approximate surface area is 188 Å². The number of nitrogens with two attached hydrogens (primary N) is 2. The van der Waals surface area contributed by atoms with Crippen molar-refractivity contribution < 1.29 is 48.9 Å². The number of carbonyl (C=O) groups is 7. The molecule has 0 aliphatic carbocycles. The third kappa shape index (κ3) is 9.03. The van der Waals surface area contributed by atoms with Gasteiger partial charge >= 0.3 is 17.9 Å². The van der Waals surface area contributed by atoms with Crippen molar-refractivity contribution >= 4 is 41.3 Å². The third-order valence-electron chi connectivity index (χ3n) is 5.05. The number of Topliss-reactive ketones (excluding diaryl/α,β-unsaturated/α-hetero) is 2. The molecule has 0 aromatic heterocycles. The quantitative estimate of drug-likeness (QED) is 0.133. The maximum atomic E-state index is 12.5. The number of carbonyl (C=O) groups excluding carboxylic acids is 4. The summed E-state index contributed by atoms with van der Waals surface area (Å²) in [5.41, 5.74) is 11.1. The molecule has 1 saturated heterocycles. The summed E-state index contributed by atoms with van der Waals surface area (Å²) in [5, 5.41) is 29.1. The van der Waals surface area contributed by atoms with Crippen LogP contribution in [0.5, 0.6) is 0 Å². The van der Waals surface area contributed by atoms with Gasteiger partial charge in [0.25, 0.3) is 0 Å². The Balaban J connectivity index is 2.76. The fourth-order valence-electron chi connectivity index (χ4n) is 3.27. The van der Waals surface area contributed by atoms with Crippen LogP contribution in [0, 0.1) is 5.92 Å². The molecule has 1 heterocycles. The van der Waals surface area contributed by atoms with Crippen LogP contribution in [-0.2, 0) is 33.6 Å². The first kappa shape index (κ1) is 27.8. The van der Waals surface area contributed by atoms with E-state index >= 15 is 0 Å². The van der Waals surface area contributed by atoms with Gasteiger partial charge in [0.2, 0.25) is 23.4 Å².